The first-order valence-electron chi connectivity index (χ1n) is 7.77. The molecule has 136 valence electrons. The Morgan fingerprint density at radius 3 is 2.68 bits per heavy atom. The van der Waals surface area contributed by atoms with E-state index >= 15 is 0 Å². The van der Waals surface area contributed by atoms with Crippen LogP contribution in [0, 0.1) is 0 Å². The van der Waals surface area contributed by atoms with Crippen molar-refractivity contribution in [1.82, 2.24) is 20.2 Å². The number of aromatic nitrogens is 3. The van der Waals surface area contributed by atoms with Gasteiger partial charge in [0.05, 0.1) is 19.5 Å². The number of nitrogen functional groups attached to an aromatic ring is 1. The van der Waals surface area contributed by atoms with Crippen molar-refractivity contribution in [2.45, 2.75) is 24.5 Å². The molecule has 1 heterocycles. The quantitative estimate of drug-likeness (QED) is 0.501. The molecule has 0 unspecified atom stereocenters. The second-order valence-electron chi connectivity index (χ2n) is 5.51. The molecule has 8 nitrogen and oxygen atoms in total. The number of carbonyl (C=O) groups is 1. The summed E-state index contributed by atoms with van der Waals surface area (Å²) in [6.07, 6.45) is 0.547. The number of amides is 1. The summed E-state index contributed by atoms with van der Waals surface area (Å²) in [5.74, 6) is 7.57. The molecule has 0 saturated heterocycles. The number of thioether (sulfide) groups is 1. The molecule has 25 heavy (non-hydrogen) atoms. The van der Waals surface area contributed by atoms with Gasteiger partial charge in [0.1, 0.15) is 5.75 Å². The second-order valence-corrected chi connectivity index (χ2v) is 6.45. The number of methoxy groups -OCH3 is 2. The number of nitrogens with zero attached hydrogens (tertiary/aromatic N) is 3. The van der Waals surface area contributed by atoms with E-state index in [9.17, 15) is 4.79 Å². The van der Waals surface area contributed by atoms with Crippen LogP contribution in [0.2, 0.25) is 0 Å². The van der Waals surface area contributed by atoms with Gasteiger partial charge in [0.2, 0.25) is 11.1 Å². The van der Waals surface area contributed by atoms with Crippen molar-refractivity contribution in [3.63, 3.8) is 0 Å². The number of carbonyl (C=O) groups excluding carboxylic acids is 1. The van der Waals surface area contributed by atoms with Crippen molar-refractivity contribution < 1.29 is 14.3 Å². The average Bonchev–Trinajstić information content (AvgIpc) is 2.94. The van der Waals surface area contributed by atoms with Gasteiger partial charge < -0.3 is 20.6 Å². The Hall–Kier alpha value is -2.26. The fourth-order valence-electron chi connectivity index (χ4n) is 2.19. The molecule has 0 aliphatic heterocycles. The van der Waals surface area contributed by atoms with E-state index in [1.165, 1.54) is 16.4 Å². The van der Waals surface area contributed by atoms with Crippen molar-refractivity contribution in [1.29, 1.82) is 0 Å². The van der Waals surface area contributed by atoms with Crippen LogP contribution in [0.3, 0.4) is 0 Å². The zero-order chi connectivity index (χ0) is 18.2. The number of rotatable bonds is 9. The van der Waals surface area contributed by atoms with E-state index in [1.54, 1.807) is 14.2 Å². The molecule has 9 heteroatoms. The summed E-state index contributed by atoms with van der Waals surface area (Å²) in [4.78, 5) is 11.9. The topological polar surface area (TPSA) is 104 Å². The van der Waals surface area contributed by atoms with Crippen LogP contribution in [0.5, 0.6) is 5.75 Å². The molecule has 0 bridgehead atoms. The highest BCUT2D eigenvalue weighted by Crippen LogP contribution is 2.17. The van der Waals surface area contributed by atoms with Crippen molar-refractivity contribution in [3.05, 3.63) is 35.7 Å². The second kappa shape index (κ2) is 9.28. The minimum absolute atomic E-state index is 0.0421. The van der Waals surface area contributed by atoms with E-state index in [1.807, 2.05) is 31.2 Å². The van der Waals surface area contributed by atoms with E-state index in [0.717, 1.165) is 11.3 Å². The summed E-state index contributed by atoms with van der Waals surface area (Å²) < 4.78 is 11.5. The standard InChI is InChI=1S/C16H23N5O3S/c1-11(9-23-2)18-15(22)10-25-16-20-19-14(21(16)17)8-12-4-6-13(24-3)7-5-12/h4-7,11H,8-10,17H2,1-3H3,(H,18,22)/t11-/m1/s1. The number of hydrogen-bond donors (Lipinski definition) is 2. The molecule has 1 amide bonds. The zero-order valence-electron chi connectivity index (χ0n) is 14.6. The van der Waals surface area contributed by atoms with Crippen LogP contribution in [0.15, 0.2) is 29.4 Å². The number of nitrogens with one attached hydrogen (secondary N) is 1. The number of nitrogens with two attached hydrogens (primary N) is 1. The summed E-state index contributed by atoms with van der Waals surface area (Å²) in [5.41, 5.74) is 1.04. The largest absolute Gasteiger partial charge is 0.497 e. The Labute approximate surface area is 151 Å². The maximum Gasteiger partial charge on any atom is 0.230 e. The third kappa shape index (κ3) is 5.64. The van der Waals surface area contributed by atoms with E-state index < -0.39 is 0 Å². The SMILES string of the molecule is COC[C@@H](C)NC(=O)CSc1nnc(Cc2ccc(OC)cc2)n1N. The summed E-state index contributed by atoms with van der Waals surface area (Å²) >= 11 is 1.24. The van der Waals surface area contributed by atoms with Crippen LogP contribution in [0.4, 0.5) is 0 Å². The number of benzene rings is 1. The molecule has 0 fully saturated rings. The summed E-state index contributed by atoms with van der Waals surface area (Å²) in [5, 5.41) is 11.5. The Kier molecular flexibility index (Phi) is 7.08. The molecule has 1 aromatic carbocycles. The molecule has 0 saturated carbocycles. The minimum atomic E-state index is -0.103. The summed E-state index contributed by atoms with van der Waals surface area (Å²) in [7, 11) is 3.22. The highest BCUT2D eigenvalue weighted by atomic mass is 32.2. The first-order chi connectivity index (χ1) is 12.0. The molecule has 2 rings (SSSR count). The first-order valence-corrected chi connectivity index (χ1v) is 8.75. The van der Waals surface area contributed by atoms with Gasteiger partial charge in [-0.05, 0) is 24.6 Å². The summed E-state index contributed by atoms with van der Waals surface area (Å²) in [6, 6.07) is 7.62. The van der Waals surface area contributed by atoms with Crippen LogP contribution in [0.25, 0.3) is 0 Å². The molecule has 1 atom stereocenters. The predicted molar refractivity (Wildman–Crippen MR) is 96.2 cm³/mol. The van der Waals surface area contributed by atoms with Crippen molar-refractivity contribution >= 4 is 17.7 Å². The Balaban J connectivity index is 1.90. The van der Waals surface area contributed by atoms with Crippen LogP contribution >= 0.6 is 11.8 Å². The van der Waals surface area contributed by atoms with Gasteiger partial charge in [-0.15, -0.1) is 10.2 Å². The first kappa shape index (κ1) is 19.1. The molecular formula is C16H23N5O3S. The van der Waals surface area contributed by atoms with Gasteiger partial charge in [-0.2, -0.15) is 0 Å². The van der Waals surface area contributed by atoms with Gasteiger partial charge in [-0.25, -0.2) is 4.68 Å². The maximum atomic E-state index is 11.9. The Morgan fingerprint density at radius 1 is 1.32 bits per heavy atom. The molecule has 0 spiro atoms. The Bertz CT molecular complexity index is 690. The average molecular weight is 365 g/mol. The molecule has 0 radical (unpaired) electrons. The molecule has 1 aromatic heterocycles. The molecular weight excluding hydrogens is 342 g/mol. The highest BCUT2D eigenvalue weighted by molar-refractivity contribution is 7.99. The third-order valence-electron chi connectivity index (χ3n) is 3.41. The van der Waals surface area contributed by atoms with E-state index in [4.69, 9.17) is 15.3 Å². The van der Waals surface area contributed by atoms with E-state index in [-0.39, 0.29) is 17.7 Å². The monoisotopic (exact) mass is 365 g/mol. The van der Waals surface area contributed by atoms with Gasteiger partial charge in [-0.3, -0.25) is 4.79 Å². The highest BCUT2D eigenvalue weighted by Gasteiger charge is 2.14. The third-order valence-corrected chi connectivity index (χ3v) is 4.36. The van der Waals surface area contributed by atoms with Gasteiger partial charge in [0, 0.05) is 19.6 Å². The van der Waals surface area contributed by atoms with Gasteiger partial charge >= 0.3 is 0 Å². The fourth-order valence-corrected chi connectivity index (χ4v) is 2.88. The van der Waals surface area contributed by atoms with E-state index in [0.29, 0.717) is 24.0 Å². The molecule has 3 N–H and O–H groups in total. The van der Waals surface area contributed by atoms with Gasteiger partial charge in [0.15, 0.2) is 5.82 Å². The number of hydrogen-bond acceptors (Lipinski definition) is 7. The van der Waals surface area contributed by atoms with Crippen LogP contribution in [0.1, 0.15) is 18.3 Å². The summed E-state index contributed by atoms with van der Waals surface area (Å²) in [6.45, 7) is 2.35. The molecule has 0 aliphatic rings. The van der Waals surface area contributed by atoms with Crippen LogP contribution in [-0.2, 0) is 16.0 Å². The minimum Gasteiger partial charge on any atom is -0.497 e. The number of ether oxygens (including phenoxy) is 2. The Morgan fingerprint density at radius 2 is 2.04 bits per heavy atom. The predicted octanol–water partition coefficient (Wildman–Crippen LogP) is 0.834. The van der Waals surface area contributed by atoms with Crippen molar-refractivity contribution in [2.75, 3.05) is 32.4 Å². The lowest BCUT2D eigenvalue weighted by atomic mass is 10.1. The lowest BCUT2D eigenvalue weighted by Gasteiger charge is -2.12. The molecule has 2 aromatic rings. The lowest BCUT2D eigenvalue weighted by molar-refractivity contribution is -0.119. The van der Waals surface area contributed by atoms with Gasteiger partial charge in [0.25, 0.3) is 0 Å². The fraction of sp³-hybridized carbons (Fsp3) is 0.438. The molecule has 0 aliphatic carbocycles. The maximum absolute atomic E-state index is 11.9. The van der Waals surface area contributed by atoms with Gasteiger partial charge in [-0.1, -0.05) is 23.9 Å². The van der Waals surface area contributed by atoms with Crippen LogP contribution in [-0.4, -0.2) is 53.4 Å². The lowest BCUT2D eigenvalue weighted by Crippen LogP contribution is -2.36. The van der Waals surface area contributed by atoms with Crippen molar-refractivity contribution in [3.8, 4) is 5.75 Å². The van der Waals surface area contributed by atoms with Crippen molar-refractivity contribution in [2.24, 2.45) is 0 Å². The smallest absolute Gasteiger partial charge is 0.230 e. The normalized spacial score (nSPS) is 12.0. The van der Waals surface area contributed by atoms with E-state index in [2.05, 4.69) is 15.5 Å². The van der Waals surface area contributed by atoms with Crippen LogP contribution < -0.4 is 15.9 Å². The zero-order valence-corrected chi connectivity index (χ0v) is 15.4.